The molecule has 2 rings (SSSR count). The molecule has 5 nitrogen and oxygen atoms in total. The van der Waals surface area contributed by atoms with Crippen LogP contribution in [-0.2, 0) is 11.2 Å². The maximum Gasteiger partial charge on any atom is 0.360 e. The minimum Gasteiger partial charge on any atom is -0.504 e. The van der Waals surface area contributed by atoms with E-state index in [2.05, 4.69) is 21.6 Å². The van der Waals surface area contributed by atoms with Crippen LogP contribution in [0, 0.1) is 0 Å². The Morgan fingerprint density at radius 1 is 1.44 bits per heavy atom. The first kappa shape index (κ1) is 12.3. The van der Waals surface area contributed by atoms with Crippen molar-refractivity contribution in [2.45, 2.75) is 19.8 Å². The van der Waals surface area contributed by atoms with Gasteiger partial charge in [-0.3, -0.25) is 4.98 Å². The van der Waals surface area contributed by atoms with Gasteiger partial charge in [0.15, 0.2) is 11.4 Å². The standard InChI is InChI=1S/C13H14N2O3/c1-3-4-8-5-6-14-10-9(8)7-15-11(12(10)16)13(17)18-2/h5-7,16H,3-4H2,1-2H3. The zero-order valence-corrected chi connectivity index (χ0v) is 10.3. The van der Waals surface area contributed by atoms with Gasteiger partial charge in [0.05, 0.1) is 7.11 Å². The number of esters is 1. The number of rotatable bonds is 3. The van der Waals surface area contributed by atoms with Gasteiger partial charge in [-0.05, 0) is 18.1 Å². The number of aromatic hydroxyl groups is 1. The molecular weight excluding hydrogens is 232 g/mol. The zero-order valence-electron chi connectivity index (χ0n) is 10.3. The lowest BCUT2D eigenvalue weighted by atomic mass is 10.1. The summed E-state index contributed by atoms with van der Waals surface area (Å²) in [6.07, 6.45) is 5.03. The molecule has 0 aliphatic carbocycles. The molecule has 0 aromatic carbocycles. The molecule has 2 heterocycles. The number of carbonyl (C=O) groups excluding carboxylic acids is 1. The van der Waals surface area contributed by atoms with Gasteiger partial charge in [0.25, 0.3) is 0 Å². The van der Waals surface area contributed by atoms with Crippen LogP contribution >= 0.6 is 0 Å². The number of nitrogens with zero attached hydrogens (tertiary/aromatic N) is 2. The van der Waals surface area contributed by atoms with Crippen LogP contribution in [0.2, 0.25) is 0 Å². The maximum absolute atomic E-state index is 11.4. The van der Waals surface area contributed by atoms with Crippen LogP contribution in [0.15, 0.2) is 18.5 Å². The van der Waals surface area contributed by atoms with Crippen LogP contribution in [0.3, 0.4) is 0 Å². The molecule has 0 bridgehead atoms. The highest BCUT2D eigenvalue weighted by molar-refractivity contribution is 5.98. The molecule has 1 N–H and O–H groups in total. The Hall–Kier alpha value is -2.17. The molecule has 0 unspecified atom stereocenters. The topological polar surface area (TPSA) is 72.3 Å². The number of methoxy groups -OCH3 is 1. The normalized spacial score (nSPS) is 10.6. The van der Waals surface area contributed by atoms with Crippen LogP contribution in [0.25, 0.3) is 10.9 Å². The molecule has 0 spiro atoms. The first-order chi connectivity index (χ1) is 8.69. The van der Waals surface area contributed by atoms with Crippen LogP contribution in [0.1, 0.15) is 29.4 Å². The molecule has 0 fully saturated rings. The average Bonchev–Trinajstić information content (AvgIpc) is 2.39. The molecule has 5 heteroatoms. The van der Waals surface area contributed by atoms with Gasteiger partial charge in [-0.25, -0.2) is 9.78 Å². The van der Waals surface area contributed by atoms with Crippen molar-refractivity contribution in [3.05, 3.63) is 29.7 Å². The van der Waals surface area contributed by atoms with Gasteiger partial charge in [-0.1, -0.05) is 13.3 Å². The maximum atomic E-state index is 11.4. The van der Waals surface area contributed by atoms with Crippen molar-refractivity contribution in [1.82, 2.24) is 9.97 Å². The van der Waals surface area contributed by atoms with Gasteiger partial charge in [-0.15, -0.1) is 0 Å². The molecule has 0 saturated carbocycles. The largest absolute Gasteiger partial charge is 0.504 e. The Balaban J connectivity index is 2.65. The number of fused-ring (bicyclic) bond motifs is 1. The fraction of sp³-hybridized carbons (Fsp3) is 0.308. The summed E-state index contributed by atoms with van der Waals surface area (Å²) in [6.45, 7) is 2.07. The Kier molecular flexibility index (Phi) is 3.41. The molecule has 94 valence electrons. The van der Waals surface area contributed by atoms with E-state index in [4.69, 9.17) is 0 Å². The number of carbonyl (C=O) groups is 1. The van der Waals surface area contributed by atoms with Gasteiger partial charge in [-0.2, -0.15) is 0 Å². The second-order valence-corrected chi connectivity index (χ2v) is 3.93. The summed E-state index contributed by atoms with van der Waals surface area (Å²) in [4.78, 5) is 19.5. The molecule has 0 atom stereocenters. The number of ether oxygens (including phenoxy) is 1. The quantitative estimate of drug-likeness (QED) is 0.839. The highest BCUT2D eigenvalue weighted by Gasteiger charge is 2.17. The summed E-state index contributed by atoms with van der Waals surface area (Å²) in [7, 11) is 1.24. The second-order valence-electron chi connectivity index (χ2n) is 3.93. The lowest BCUT2D eigenvalue weighted by Crippen LogP contribution is -2.05. The van der Waals surface area contributed by atoms with E-state index >= 15 is 0 Å². The fourth-order valence-electron chi connectivity index (χ4n) is 1.88. The van der Waals surface area contributed by atoms with E-state index in [9.17, 15) is 9.90 Å². The Morgan fingerprint density at radius 3 is 2.89 bits per heavy atom. The van der Waals surface area contributed by atoms with E-state index in [1.54, 1.807) is 12.4 Å². The summed E-state index contributed by atoms with van der Waals surface area (Å²) in [5.74, 6) is -0.894. The van der Waals surface area contributed by atoms with E-state index in [0.717, 1.165) is 23.8 Å². The van der Waals surface area contributed by atoms with Crippen molar-refractivity contribution in [1.29, 1.82) is 0 Å². The van der Waals surface area contributed by atoms with Crippen LogP contribution in [0.5, 0.6) is 5.75 Å². The summed E-state index contributed by atoms with van der Waals surface area (Å²) in [6, 6.07) is 1.89. The van der Waals surface area contributed by atoms with Gasteiger partial charge in [0.2, 0.25) is 0 Å². The zero-order chi connectivity index (χ0) is 13.1. The molecule has 0 saturated heterocycles. The van der Waals surface area contributed by atoms with Crippen molar-refractivity contribution < 1.29 is 14.6 Å². The summed E-state index contributed by atoms with van der Waals surface area (Å²) >= 11 is 0. The van der Waals surface area contributed by atoms with Gasteiger partial charge < -0.3 is 9.84 Å². The monoisotopic (exact) mass is 246 g/mol. The predicted octanol–water partition coefficient (Wildman–Crippen LogP) is 2.07. The predicted molar refractivity (Wildman–Crippen MR) is 66.5 cm³/mol. The van der Waals surface area contributed by atoms with Gasteiger partial charge >= 0.3 is 5.97 Å². The third kappa shape index (κ3) is 1.99. The highest BCUT2D eigenvalue weighted by Crippen LogP contribution is 2.28. The second kappa shape index (κ2) is 5.00. The molecular formula is C13H14N2O3. The summed E-state index contributed by atoms with van der Waals surface area (Å²) in [5.41, 5.74) is 1.34. The number of aromatic nitrogens is 2. The third-order valence-corrected chi connectivity index (χ3v) is 2.75. The fourth-order valence-corrected chi connectivity index (χ4v) is 1.88. The Labute approximate surface area is 104 Å². The third-order valence-electron chi connectivity index (χ3n) is 2.75. The minimum absolute atomic E-state index is 0.105. The van der Waals surface area contributed by atoms with Crippen molar-refractivity contribution in [2.75, 3.05) is 7.11 Å². The number of hydrogen-bond donors (Lipinski definition) is 1. The van der Waals surface area contributed by atoms with E-state index in [-0.39, 0.29) is 11.4 Å². The lowest BCUT2D eigenvalue weighted by Gasteiger charge is -2.08. The van der Waals surface area contributed by atoms with Crippen LogP contribution < -0.4 is 0 Å². The molecule has 2 aromatic rings. The van der Waals surface area contributed by atoms with Crippen molar-refractivity contribution in [2.24, 2.45) is 0 Å². The molecule has 18 heavy (non-hydrogen) atoms. The SMILES string of the molecule is CCCc1ccnc2c(O)c(C(=O)OC)ncc12. The van der Waals surface area contributed by atoms with Crippen molar-refractivity contribution in [3.63, 3.8) is 0 Å². The Morgan fingerprint density at radius 2 is 2.22 bits per heavy atom. The molecule has 0 aliphatic rings. The average molecular weight is 246 g/mol. The van der Waals surface area contributed by atoms with Crippen molar-refractivity contribution >= 4 is 16.9 Å². The van der Waals surface area contributed by atoms with E-state index < -0.39 is 5.97 Å². The lowest BCUT2D eigenvalue weighted by molar-refractivity contribution is 0.0591. The van der Waals surface area contributed by atoms with Crippen LogP contribution in [-0.4, -0.2) is 28.2 Å². The number of pyridine rings is 2. The van der Waals surface area contributed by atoms with Gasteiger partial charge in [0.1, 0.15) is 5.52 Å². The van der Waals surface area contributed by atoms with Crippen LogP contribution in [0.4, 0.5) is 0 Å². The van der Waals surface area contributed by atoms with E-state index in [1.807, 2.05) is 6.07 Å². The molecule has 0 aliphatic heterocycles. The smallest absolute Gasteiger partial charge is 0.360 e. The van der Waals surface area contributed by atoms with E-state index in [1.165, 1.54) is 7.11 Å². The van der Waals surface area contributed by atoms with Gasteiger partial charge in [0, 0.05) is 17.8 Å². The first-order valence-corrected chi connectivity index (χ1v) is 5.73. The Bertz CT molecular complexity index is 596. The molecule has 2 aromatic heterocycles. The molecule has 0 amide bonds. The minimum atomic E-state index is -0.669. The van der Waals surface area contributed by atoms with E-state index in [0.29, 0.717) is 5.52 Å². The highest BCUT2D eigenvalue weighted by atomic mass is 16.5. The van der Waals surface area contributed by atoms with Crippen molar-refractivity contribution in [3.8, 4) is 5.75 Å². The summed E-state index contributed by atoms with van der Waals surface area (Å²) < 4.78 is 4.55. The number of hydrogen-bond acceptors (Lipinski definition) is 5. The first-order valence-electron chi connectivity index (χ1n) is 5.73. The summed E-state index contributed by atoms with van der Waals surface area (Å²) in [5, 5.41) is 10.8. The molecule has 0 radical (unpaired) electrons. The number of aryl methyl sites for hydroxylation is 1.